The maximum absolute atomic E-state index is 13.4. The minimum atomic E-state index is -0.339. The Labute approximate surface area is 241 Å². The van der Waals surface area contributed by atoms with Crippen LogP contribution in [-0.2, 0) is 37.1 Å². The van der Waals surface area contributed by atoms with Crippen LogP contribution in [0.25, 0.3) is 0 Å². The maximum atomic E-state index is 13.4. The van der Waals surface area contributed by atoms with E-state index in [-0.39, 0.29) is 65.9 Å². The van der Waals surface area contributed by atoms with E-state index >= 15 is 0 Å². The zero-order valence-electron chi connectivity index (χ0n) is 25.1. The zero-order valence-corrected chi connectivity index (χ0v) is 25.1. The number of ketones is 1. The molecule has 0 amide bonds. The molecular weight excluding hydrogens is 500 g/mol. The van der Waals surface area contributed by atoms with Gasteiger partial charge in [-0.2, -0.15) is 0 Å². The average Bonchev–Trinajstić information content (AvgIpc) is 2.94. The largest absolute Gasteiger partial charge is 0.461 e. The minimum Gasteiger partial charge on any atom is -0.461 e. The quantitative estimate of drug-likeness (QED) is 0.238. The van der Waals surface area contributed by atoms with Crippen LogP contribution < -0.4 is 0 Å². The SMILES string of the molecule is CC(C)C(CCC1CCC(C(=O)CCC(C)(C)C)CC1C(=O)OCc1ccccc1)C(=O)OCc1ccccc1. The molecule has 0 heterocycles. The summed E-state index contributed by atoms with van der Waals surface area (Å²) in [4.78, 5) is 39.6. The van der Waals surface area contributed by atoms with Gasteiger partial charge in [0.1, 0.15) is 19.0 Å². The maximum Gasteiger partial charge on any atom is 0.309 e. The molecule has 5 heteroatoms. The van der Waals surface area contributed by atoms with Crippen LogP contribution >= 0.6 is 0 Å². The molecule has 4 unspecified atom stereocenters. The number of rotatable bonds is 13. The summed E-state index contributed by atoms with van der Waals surface area (Å²) < 4.78 is 11.5. The summed E-state index contributed by atoms with van der Waals surface area (Å²) in [5.41, 5.74) is 2.01. The second-order valence-electron chi connectivity index (χ2n) is 13.0. The van der Waals surface area contributed by atoms with Crippen LogP contribution in [0.1, 0.15) is 90.7 Å². The Morgan fingerprint density at radius 2 is 1.43 bits per heavy atom. The molecule has 3 rings (SSSR count). The van der Waals surface area contributed by atoms with Crippen molar-refractivity contribution in [2.75, 3.05) is 0 Å². The van der Waals surface area contributed by atoms with Crippen molar-refractivity contribution in [3.63, 3.8) is 0 Å². The minimum absolute atomic E-state index is 0.0816. The molecular formula is C35H48O5. The van der Waals surface area contributed by atoms with Gasteiger partial charge < -0.3 is 9.47 Å². The molecule has 0 N–H and O–H groups in total. The van der Waals surface area contributed by atoms with E-state index < -0.39 is 0 Å². The Morgan fingerprint density at radius 1 is 0.850 bits per heavy atom. The van der Waals surface area contributed by atoms with Crippen molar-refractivity contribution in [2.45, 2.75) is 92.8 Å². The lowest BCUT2D eigenvalue weighted by atomic mass is 9.69. The topological polar surface area (TPSA) is 69.7 Å². The van der Waals surface area contributed by atoms with Crippen LogP contribution in [-0.4, -0.2) is 17.7 Å². The molecule has 2 aromatic carbocycles. The van der Waals surface area contributed by atoms with Crippen molar-refractivity contribution in [3.8, 4) is 0 Å². The normalized spacial score (nSPS) is 20.1. The van der Waals surface area contributed by atoms with Crippen molar-refractivity contribution >= 4 is 17.7 Å². The number of carbonyl (C=O) groups is 3. The van der Waals surface area contributed by atoms with Gasteiger partial charge in [-0.05, 0) is 66.9 Å². The summed E-state index contributed by atoms with van der Waals surface area (Å²) >= 11 is 0. The molecule has 1 aliphatic rings. The second-order valence-corrected chi connectivity index (χ2v) is 13.0. The van der Waals surface area contributed by atoms with Crippen LogP contribution in [0.15, 0.2) is 60.7 Å². The third kappa shape index (κ3) is 10.2. The molecule has 2 aromatic rings. The van der Waals surface area contributed by atoms with Crippen molar-refractivity contribution in [3.05, 3.63) is 71.8 Å². The van der Waals surface area contributed by atoms with E-state index in [0.29, 0.717) is 19.3 Å². The first kappa shape index (κ1) is 31.6. The Balaban J connectivity index is 1.65. The highest BCUT2D eigenvalue weighted by Gasteiger charge is 2.39. The van der Waals surface area contributed by atoms with Gasteiger partial charge in [0.15, 0.2) is 0 Å². The van der Waals surface area contributed by atoms with Crippen LogP contribution in [0.3, 0.4) is 0 Å². The van der Waals surface area contributed by atoms with Gasteiger partial charge in [0.25, 0.3) is 0 Å². The highest BCUT2D eigenvalue weighted by Crippen LogP contribution is 2.40. The third-order valence-electron chi connectivity index (χ3n) is 8.28. The summed E-state index contributed by atoms with van der Waals surface area (Å²) in [6, 6.07) is 19.4. The first-order valence-corrected chi connectivity index (χ1v) is 15.0. The number of hydrogen-bond donors (Lipinski definition) is 0. The van der Waals surface area contributed by atoms with Gasteiger partial charge in [0.2, 0.25) is 0 Å². The number of ether oxygens (including phenoxy) is 2. The fourth-order valence-corrected chi connectivity index (χ4v) is 5.65. The lowest BCUT2D eigenvalue weighted by Crippen LogP contribution is -2.36. The summed E-state index contributed by atoms with van der Waals surface area (Å²) in [5.74, 6) is -0.628. The molecule has 0 saturated heterocycles. The van der Waals surface area contributed by atoms with Gasteiger partial charge in [0, 0.05) is 12.3 Å². The van der Waals surface area contributed by atoms with Crippen molar-refractivity contribution in [2.24, 2.45) is 35.0 Å². The Kier molecular flexibility index (Phi) is 12.0. The number of esters is 2. The molecule has 1 saturated carbocycles. The highest BCUT2D eigenvalue weighted by molar-refractivity contribution is 5.82. The van der Waals surface area contributed by atoms with Gasteiger partial charge >= 0.3 is 11.9 Å². The fraction of sp³-hybridized carbons (Fsp3) is 0.571. The van der Waals surface area contributed by atoms with E-state index in [1.165, 1.54) is 0 Å². The predicted molar refractivity (Wildman–Crippen MR) is 158 cm³/mol. The predicted octanol–water partition coefficient (Wildman–Crippen LogP) is 7.95. The zero-order chi connectivity index (χ0) is 29.1. The summed E-state index contributed by atoms with van der Waals surface area (Å²) in [7, 11) is 0. The van der Waals surface area contributed by atoms with Gasteiger partial charge in [-0.1, -0.05) is 95.3 Å². The number of hydrogen-bond acceptors (Lipinski definition) is 5. The standard InChI is InChI=1S/C35H48O5/c1-25(2)30(33(37)39-23-26-12-8-6-9-13-26)19-18-28-16-17-29(32(36)20-21-35(3,4)5)22-31(28)34(38)40-24-27-14-10-7-11-15-27/h6-15,25,28-31H,16-24H2,1-5H3. The summed E-state index contributed by atoms with van der Waals surface area (Å²) in [5, 5.41) is 0. The lowest BCUT2D eigenvalue weighted by Gasteiger charge is -2.35. The Hall–Kier alpha value is -2.95. The van der Waals surface area contributed by atoms with Gasteiger partial charge in [-0.25, -0.2) is 0 Å². The lowest BCUT2D eigenvalue weighted by molar-refractivity contribution is -0.154. The van der Waals surface area contributed by atoms with E-state index in [0.717, 1.165) is 36.8 Å². The van der Waals surface area contributed by atoms with Gasteiger partial charge in [-0.15, -0.1) is 0 Å². The Morgan fingerprint density at radius 3 is 1.98 bits per heavy atom. The van der Waals surface area contributed by atoms with E-state index in [1.807, 2.05) is 74.5 Å². The molecule has 40 heavy (non-hydrogen) atoms. The van der Waals surface area contributed by atoms with Crippen LogP contribution in [0, 0.1) is 35.0 Å². The number of benzene rings is 2. The molecule has 1 aliphatic carbocycles. The molecule has 1 fully saturated rings. The van der Waals surface area contributed by atoms with Crippen molar-refractivity contribution in [1.29, 1.82) is 0 Å². The molecule has 5 nitrogen and oxygen atoms in total. The smallest absolute Gasteiger partial charge is 0.309 e. The van der Waals surface area contributed by atoms with Crippen LogP contribution in [0.2, 0.25) is 0 Å². The first-order valence-electron chi connectivity index (χ1n) is 15.0. The van der Waals surface area contributed by atoms with Gasteiger partial charge in [-0.3, -0.25) is 14.4 Å². The van der Waals surface area contributed by atoms with Crippen molar-refractivity contribution in [1.82, 2.24) is 0 Å². The average molecular weight is 549 g/mol. The number of carbonyl (C=O) groups excluding carboxylic acids is 3. The van der Waals surface area contributed by atoms with E-state index in [1.54, 1.807) is 0 Å². The Bertz CT molecular complexity index is 1070. The summed E-state index contributed by atoms with van der Waals surface area (Å²) in [6.45, 7) is 11.0. The first-order chi connectivity index (χ1) is 19.0. The molecule has 0 aliphatic heterocycles. The number of Topliss-reactive ketones (excluding diaryl/α,β-unsaturated/α-hetero) is 1. The third-order valence-corrected chi connectivity index (χ3v) is 8.28. The molecule has 218 valence electrons. The molecule has 4 atom stereocenters. The van der Waals surface area contributed by atoms with E-state index in [2.05, 4.69) is 20.8 Å². The molecule has 0 spiro atoms. The van der Waals surface area contributed by atoms with E-state index in [4.69, 9.17) is 9.47 Å². The van der Waals surface area contributed by atoms with Gasteiger partial charge in [0.05, 0.1) is 11.8 Å². The van der Waals surface area contributed by atoms with Crippen LogP contribution in [0.4, 0.5) is 0 Å². The fourth-order valence-electron chi connectivity index (χ4n) is 5.65. The monoisotopic (exact) mass is 548 g/mol. The highest BCUT2D eigenvalue weighted by atomic mass is 16.5. The van der Waals surface area contributed by atoms with Crippen LogP contribution in [0.5, 0.6) is 0 Å². The molecule has 0 radical (unpaired) electrons. The second kappa shape index (κ2) is 15.2. The summed E-state index contributed by atoms with van der Waals surface area (Å²) in [6.07, 6.45) is 4.90. The molecule has 0 aromatic heterocycles. The van der Waals surface area contributed by atoms with Crippen molar-refractivity contribution < 1.29 is 23.9 Å². The molecule has 0 bridgehead atoms. The van der Waals surface area contributed by atoms with E-state index in [9.17, 15) is 14.4 Å².